The molecule has 1 saturated heterocycles. The highest BCUT2D eigenvalue weighted by atomic mass is 35.5. The van der Waals surface area contributed by atoms with Gasteiger partial charge >= 0.3 is 6.18 Å². The van der Waals surface area contributed by atoms with Gasteiger partial charge in [0, 0.05) is 32.1 Å². The number of rotatable bonds is 4. The van der Waals surface area contributed by atoms with Crippen molar-refractivity contribution in [2.45, 2.75) is 32.0 Å². The van der Waals surface area contributed by atoms with E-state index in [1.165, 1.54) is 11.0 Å². The Bertz CT molecular complexity index is 977. The van der Waals surface area contributed by atoms with Crippen molar-refractivity contribution in [2.75, 3.05) is 20.1 Å². The summed E-state index contributed by atoms with van der Waals surface area (Å²) >= 11 is 6.17. The number of halogens is 4. The van der Waals surface area contributed by atoms with E-state index >= 15 is 0 Å². The van der Waals surface area contributed by atoms with Crippen LogP contribution in [-0.2, 0) is 11.0 Å². The standard InChI is InChI=1S/C23H24ClF3N2O2/c1-14(2)28(3)21(30)19-13-29(22(31)17-9-4-5-10-20(17)24)12-18(19)15-7-6-8-16(11-15)23(25,26)27/h4-11,14,18-19H,12-13H2,1-3H3. The highest BCUT2D eigenvalue weighted by Gasteiger charge is 2.43. The molecule has 1 heterocycles. The van der Waals surface area contributed by atoms with Crippen LogP contribution in [0.4, 0.5) is 13.2 Å². The molecule has 1 aliphatic heterocycles. The van der Waals surface area contributed by atoms with Crippen LogP contribution in [0.3, 0.4) is 0 Å². The molecule has 166 valence electrons. The van der Waals surface area contributed by atoms with Gasteiger partial charge in [0.1, 0.15) is 0 Å². The van der Waals surface area contributed by atoms with Crippen LogP contribution in [0.1, 0.15) is 41.3 Å². The van der Waals surface area contributed by atoms with Gasteiger partial charge in [0.05, 0.1) is 22.1 Å². The van der Waals surface area contributed by atoms with E-state index in [1.54, 1.807) is 42.3 Å². The smallest absolute Gasteiger partial charge is 0.343 e. The molecule has 2 aromatic carbocycles. The van der Waals surface area contributed by atoms with Crippen molar-refractivity contribution < 1.29 is 22.8 Å². The summed E-state index contributed by atoms with van der Waals surface area (Å²) in [7, 11) is 1.66. The Morgan fingerprint density at radius 2 is 1.77 bits per heavy atom. The summed E-state index contributed by atoms with van der Waals surface area (Å²) in [6.45, 7) is 3.96. The molecule has 1 fully saturated rings. The largest absolute Gasteiger partial charge is 0.416 e. The van der Waals surface area contributed by atoms with Gasteiger partial charge in [-0.05, 0) is 37.6 Å². The molecule has 2 aromatic rings. The zero-order chi connectivity index (χ0) is 22.9. The van der Waals surface area contributed by atoms with Gasteiger partial charge in [-0.2, -0.15) is 13.2 Å². The van der Waals surface area contributed by atoms with Crippen LogP contribution in [0.25, 0.3) is 0 Å². The molecule has 0 spiro atoms. The second-order valence-corrected chi connectivity index (χ2v) is 8.48. The van der Waals surface area contributed by atoms with Crippen molar-refractivity contribution >= 4 is 23.4 Å². The lowest BCUT2D eigenvalue weighted by Crippen LogP contribution is -2.40. The number of nitrogens with zero attached hydrogens (tertiary/aromatic N) is 2. The average molecular weight is 453 g/mol. The summed E-state index contributed by atoms with van der Waals surface area (Å²) < 4.78 is 39.8. The quantitative estimate of drug-likeness (QED) is 0.649. The third-order valence-electron chi connectivity index (χ3n) is 5.79. The Hall–Kier alpha value is -2.54. The highest BCUT2D eigenvalue weighted by Crippen LogP contribution is 2.38. The fourth-order valence-electron chi connectivity index (χ4n) is 3.82. The minimum absolute atomic E-state index is 0.0806. The molecule has 2 amide bonds. The average Bonchev–Trinajstić information content (AvgIpc) is 3.17. The first-order valence-electron chi connectivity index (χ1n) is 9.98. The lowest BCUT2D eigenvalue weighted by molar-refractivity contribution is -0.137. The number of benzene rings is 2. The van der Waals surface area contributed by atoms with Crippen molar-refractivity contribution in [3.05, 3.63) is 70.2 Å². The van der Waals surface area contributed by atoms with Crippen LogP contribution >= 0.6 is 11.6 Å². The summed E-state index contributed by atoms with van der Waals surface area (Å²) in [5, 5.41) is 0.289. The third-order valence-corrected chi connectivity index (χ3v) is 6.12. The minimum atomic E-state index is -4.49. The first kappa shape index (κ1) is 23.1. The monoisotopic (exact) mass is 452 g/mol. The fourth-order valence-corrected chi connectivity index (χ4v) is 4.04. The minimum Gasteiger partial charge on any atom is -0.343 e. The first-order valence-corrected chi connectivity index (χ1v) is 10.4. The molecule has 31 heavy (non-hydrogen) atoms. The maximum Gasteiger partial charge on any atom is 0.416 e. The topological polar surface area (TPSA) is 40.6 Å². The lowest BCUT2D eigenvalue weighted by Gasteiger charge is -2.27. The second-order valence-electron chi connectivity index (χ2n) is 8.07. The number of alkyl halides is 3. The molecule has 0 aromatic heterocycles. The van der Waals surface area contributed by atoms with E-state index in [0.29, 0.717) is 11.1 Å². The number of carbonyl (C=O) groups is 2. The van der Waals surface area contributed by atoms with E-state index < -0.39 is 23.6 Å². The molecule has 0 aliphatic carbocycles. The summed E-state index contributed by atoms with van der Waals surface area (Å²) in [6.07, 6.45) is -4.49. The van der Waals surface area contributed by atoms with Crippen LogP contribution in [0.15, 0.2) is 48.5 Å². The van der Waals surface area contributed by atoms with Crippen molar-refractivity contribution in [3.8, 4) is 0 Å². The summed E-state index contributed by atoms with van der Waals surface area (Å²) in [6, 6.07) is 11.5. The van der Waals surface area contributed by atoms with Crippen LogP contribution < -0.4 is 0 Å². The van der Waals surface area contributed by atoms with Gasteiger partial charge in [0.2, 0.25) is 5.91 Å². The molecule has 2 atom stereocenters. The van der Waals surface area contributed by atoms with E-state index in [2.05, 4.69) is 0 Å². The predicted molar refractivity (Wildman–Crippen MR) is 113 cm³/mol. The van der Waals surface area contributed by atoms with E-state index in [4.69, 9.17) is 11.6 Å². The molecule has 3 rings (SSSR count). The maximum absolute atomic E-state index is 13.3. The van der Waals surface area contributed by atoms with Crippen LogP contribution in [0.5, 0.6) is 0 Å². The SMILES string of the molecule is CC(C)N(C)C(=O)C1CN(C(=O)c2ccccc2Cl)CC1c1cccc(C(F)(F)F)c1. The molecule has 2 unspecified atom stereocenters. The zero-order valence-electron chi connectivity index (χ0n) is 17.5. The Labute approximate surface area is 184 Å². The van der Waals surface area contributed by atoms with Gasteiger partial charge in [-0.3, -0.25) is 9.59 Å². The number of likely N-dealkylation sites (tertiary alicyclic amines) is 1. The lowest BCUT2D eigenvalue weighted by atomic mass is 9.87. The molecule has 0 N–H and O–H groups in total. The summed E-state index contributed by atoms with van der Waals surface area (Å²) in [5.41, 5.74) is -0.0821. The van der Waals surface area contributed by atoms with Gasteiger partial charge in [0.15, 0.2) is 0 Å². The molecule has 0 saturated carbocycles. The molecule has 1 aliphatic rings. The molecule has 0 radical (unpaired) electrons. The van der Waals surface area contributed by atoms with Crippen LogP contribution in [0, 0.1) is 5.92 Å². The van der Waals surface area contributed by atoms with E-state index in [-0.39, 0.29) is 36.0 Å². The number of hydrogen-bond acceptors (Lipinski definition) is 2. The molecule has 4 nitrogen and oxygen atoms in total. The second kappa shape index (κ2) is 8.91. The number of hydrogen-bond donors (Lipinski definition) is 0. The fraction of sp³-hybridized carbons (Fsp3) is 0.391. The van der Waals surface area contributed by atoms with Gasteiger partial charge < -0.3 is 9.80 Å². The number of amides is 2. The van der Waals surface area contributed by atoms with Crippen LogP contribution in [-0.4, -0.2) is 47.8 Å². The Morgan fingerprint density at radius 3 is 2.39 bits per heavy atom. The third kappa shape index (κ3) is 4.87. The predicted octanol–water partition coefficient (Wildman–Crippen LogP) is 5.08. The normalized spacial score (nSPS) is 19.0. The summed E-state index contributed by atoms with van der Waals surface area (Å²) in [4.78, 5) is 29.3. The van der Waals surface area contributed by atoms with Crippen LogP contribution in [0.2, 0.25) is 5.02 Å². The van der Waals surface area contributed by atoms with Crippen molar-refractivity contribution in [2.24, 2.45) is 5.92 Å². The summed E-state index contributed by atoms with van der Waals surface area (Å²) in [5.74, 6) is -1.75. The van der Waals surface area contributed by atoms with E-state index in [1.807, 2.05) is 13.8 Å². The van der Waals surface area contributed by atoms with E-state index in [9.17, 15) is 22.8 Å². The van der Waals surface area contributed by atoms with Crippen molar-refractivity contribution in [1.82, 2.24) is 9.80 Å². The van der Waals surface area contributed by atoms with Gasteiger partial charge in [-0.1, -0.05) is 41.9 Å². The highest BCUT2D eigenvalue weighted by molar-refractivity contribution is 6.33. The molecule has 8 heteroatoms. The van der Waals surface area contributed by atoms with Crippen molar-refractivity contribution in [1.29, 1.82) is 0 Å². The van der Waals surface area contributed by atoms with E-state index in [0.717, 1.165) is 12.1 Å². The Morgan fingerprint density at radius 1 is 1.10 bits per heavy atom. The Balaban J connectivity index is 1.98. The Kier molecular flexibility index (Phi) is 6.65. The first-order chi connectivity index (χ1) is 14.5. The molecular formula is C23H24ClF3N2O2. The molecule has 0 bridgehead atoms. The van der Waals surface area contributed by atoms with Gasteiger partial charge in [-0.25, -0.2) is 0 Å². The molecular weight excluding hydrogens is 429 g/mol. The van der Waals surface area contributed by atoms with Crippen molar-refractivity contribution in [3.63, 3.8) is 0 Å². The van der Waals surface area contributed by atoms with Gasteiger partial charge in [-0.15, -0.1) is 0 Å². The zero-order valence-corrected chi connectivity index (χ0v) is 18.2. The number of carbonyl (C=O) groups excluding carboxylic acids is 2. The maximum atomic E-state index is 13.3. The van der Waals surface area contributed by atoms with Gasteiger partial charge in [0.25, 0.3) is 5.91 Å².